The van der Waals surface area contributed by atoms with Gasteiger partial charge in [0.05, 0.1) is 25.4 Å². The average Bonchev–Trinajstić information content (AvgIpc) is 3.65. The largest absolute Gasteiger partial charge is 0.466 e. The van der Waals surface area contributed by atoms with Gasteiger partial charge in [0.1, 0.15) is 0 Å². The molecule has 2 atom stereocenters. The number of allylic oxidation sites excluding steroid dienone is 4. The van der Waals surface area contributed by atoms with E-state index in [1.807, 2.05) is 0 Å². The lowest BCUT2D eigenvalue weighted by Gasteiger charge is -2.22. The molecule has 0 spiro atoms. The standard InChI is InChI=1S/C85H165NO5/c1-3-5-7-9-11-13-15-17-19-20-21-41-44-47-50-53-57-61-65-69-73-77-83(88)82(81-87)86-84(89)78-74-70-66-62-58-54-51-48-45-42-39-37-35-33-31-29-27-25-23-22-24-26-28-30-32-34-36-38-40-43-46-49-52-56-60-64-68-72-76-80-91-85(90)79-75-71-67-63-59-55-18-16-14-12-10-8-6-4-2/h22-23,26,28,82-83,87-88H,3-21,24-25,27,29-81H2,1-2H3,(H,86,89)/b23-22-,28-26-. The average molecular weight is 1280 g/mol. The van der Waals surface area contributed by atoms with Gasteiger partial charge >= 0.3 is 5.97 Å². The summed E-state index contributed by atoms with van der Waals surface area (Å²) in [6.45, 7) is 5.01. The molecular weight excluding hydrogens is 1110 g/mol. The summed E-state index contributed by atoms with van der Waals surface area (Å²) in [7, 11) is 0. The number of carbonyl (C=O) groups excluding carboxylic acids is 2. The number of rotatable bonds is 80. The number of aliphatic hydroxyl groups is 2. The van der Waals surface area contributed by atoms with E-state index in [0.717, 1.165) is 44.9 Å². The van der Waals surface area contributed by atoms with Crippen molar-refractivity contribution < 1.29 is 24.5 Å². The lowest BCUT2D eigenvalue weighted by atomic mass is 10.0. The minimum atomic E-state index is -0.663. The number of aliphatic hydroxyl groups excluding tert-OH is 2. The zero-order valence-electron chi connectivity index (χ0n) is 62.1. The lowest BCUT2D eigenvalue weighted by molar-refractivity contribution is -0.143. The Kier molecular flexibility index (Phi) is 79.3. The maximum absolute atomic E-state index is 12.6. The predicted molar refractivity (Wildman–Crippen MR) is 403 cm³/mol. The highest BCUT2D eigenvalue weighted by atomic mass is 16.5. The second-order valence-corrected chi connectivity index (χ2v) is 29.2. The molecule has 0 fully saturated rings. The molecule has 0 aliphatic rings. The van der Waals surface area contributed by atoms with Crippen LogP contribution in [0.25, 0.3) is 0 Å². The molecule has 6 heteroatoms. The summed E-state index contributed by atoms with van der Waals surface area (Å²) in [6.07, 6.45) is 104. The van der Waals surface area contributed by atoms with Gasteiger partial charge in [-0.2, -0.15) is 0 Å². The third-order valence-corrected chi connectivity index (χ3v) is 20.0. The molecule has 0 aliphatic heterocycles. The Labute approximate surface area is 571 Å². The number of carbonyl (C=O) groups is 2. The fourth-order valence-corrected chi connectivity index (χ4v) is 13.6. The molecule has 91 heavy (non-hydrogen) atoms. The van der Waals surface area contributed by atoms with Gasteiger partial charge in [0, 0.05) is 12.8 Å². The van der Waals surface area contributed by atoms with Gasteiger partial charge in [-0.3, -0.25) is 9.59 Å². The van der Waals surface area contributed by atoms with Crippen molar-refractivity contribution in [1.82, 2.24) is 5.32 Å². The molecule has 2 unspecified atom stereocenters. The summed E-state index contributed by atoms with van der Waals surface area (Å²) in [5.74, 6) is -0.00263. The monoisotopic (exact) mass is 1280 g/mol. The van der Waals surface area contributed by atoms with E-state index in [0.29, 0.717) is 25.9 Å². The van der Waals surface area contributed by atoms with Crippen LogP contribution in [0.4, 0.5) is 0 Å². The number of nitrogens with one attached hydrogen (secondary N) is 1. The number of unbranched alkanes of at least 4 members (excludes halogenated alkanes) is 65. The smallest absolute Gasteiger partial charge is 0.305 e. The van der Waals surface area contributed by atoms with Crippen LogP contribution < -0.4 is 5.32 Å². The van der Waals surface area contributed by atoms with E-state index in [9.17, 15) is 19.8 Å². The number of hydrogen-bond donors (Lipinski definition) is 3. The Balaban J connectivity index is 3.35. The molecule has 540 valence electrons. The first-order valence-corrected chi connectivity index (χ1v) is 42.1. The zero-order valence-corrected chi connectivity index (χ0v) is 62.1. The molecule has 0 radical (unpaired) electrons. The van der Waals surface area contributed by atoms with E-state index in [-0.39, 0.29) is 18.5 Å². The molecular formula is C85H165NO5. The maximum Gasteiger partial charge on any atom is 0.305 e. The first-order valence-electron chi connectivity index (χ1n) is 42.1. The van der Waals surface area contributed by atoms with Gasteiger partial charge in [-0.05, 0) is 57.8 Å². The van der Waals surface area contributed by atoms with E-state index in [4.69, 9.17) is 4.74 Å². The number of esters is 1. The van der Waals surface area contributed by atoms with Gasteiger partial charge < -0.3 is 20.3 Å². The van der Waals surface area contributed by atoms with Gasteiger partial charge in [-0.25, -0.2) is 0 Å². The second kappa shape index (κ2) is 80.8. The van der Waals surface area contributed by atoms with Crippen molar-refractivity contribution in [3.63, 3.8) is 0 Å². The van der Waals surface area contributed by atoms with Gasteiger partial charge in [0.25, 0.3) is 0 Å². The van der Waals surface area contributed by atoms with Crippen LogP contribution in [0, 0.1) is 0 Å². The molecule has 0 heterocycles. The Bertz CT molecular complexity index is 1430. The fourth-order valence-electron chi connectivity index (χ4n) is 13.6. The number of amides is 1. The predicted octanol–water partition coefficient (Wildman–Crippen LogP) is 28.0. The fraction of sp³-hybridized carbons (Fsp3) is 0.929. The summed E-state index contributed by atoms with van der Waals surface area (Å²) < 4.78 is 5.50. The van der Waals surface area contributed by atoms with Crippen LogP contribution in [0.1, 0.15) is 483 Å². The van der Waals surface area contributed by atoms with E-state index in [2.05, 4.69) is 43.5 Å². The van der Waals surface area contributed by atoms with E-state index >= 15 is 0 Å². The van der Waals surface area contributed by atoms with Crippen LogP contribution in [0.15, 0.2) is 24.3 Å². The molecule has 0 aromatic heterocycles. The summed E-state index contributed by atoms with van der Waals surface area (Å²) in [6, 6.07) is -0.540. The minimum absolute atomic E-state index is 0.0237. The van der Waals surface area contributed by atoms with Gasteiger partial charge in [-0.1, -0.05) is 436 Å². The molecule has 1 amide bonds. The van der Waals surface area contributed by atoms with Crippen molar-refractivity contribution >= 4 is 11.9 Å². The SMILES string of the molecule is CCCCCCCCCCCCCCCCCCCCCCCC(O)C(CO)NC(=O)CCCCCCCCCCCCCCCCCCC/C=C\C/C=C\CCCCCCCCCCCCCCCCCOC(=O)CCCCCCCCCCCCCCCC. The first-order chi connectivity index (χ1) is 45.0. The van der Waals surface area contributed by atoms with Crippen LogP contribution in [-0.4, -0.2) is 47.4 Å². The topological polar surface area (TPSA) is 95.9 Å². The molecule has 0 rings (SSSR count). The Morgan fingerprint density at radius 2 is 0.549 bits per heavy atom. The van der Waals surface area contributed by atoms with Crippen LogP contribution in [0.2, 0.25) is 0 Å². The summed E-state index contributed by atoms with van der Waals surface area (Å²) >= 11 is 0. The van der Waals surface area contributed by atoms with Gasteiger partial charge in [0.15, 0.2) is 0 Å². The molecule has 0 saturated carbocycles. The molecule has 0 aromatic rings. The first kappa shape index (κ1) is 89.3. The van der Waals surface area contributed by atoms with Crippen molar-refractivity contribution in [3.05, 3.63) is 24.3 Å². The normalized spacial score (nSPS) is 12.5. The van der Waals surface area contributed by atoms with Crippen LogP contribution in [0.3, 0.4) is 0 Å². The van der Waals surface area contributed by atoms with Crippen molar-refractivity contribution in [2.24, 2.45) is 0 Å². The van der Waals surface area contributed by atoms with Gasteiger partial charge in [0.2, 0.25) is 5.91 Å². The molecule has 6 nitrogen and oxygen atoms in total. The van der Waals surface area contributed by atoms with E-state index in [1.54, 1.807) is 0 Å². The minimum Gasteiger partial charge on any atom is -0.466 e. The quantitative estimate of drug-likeness (QED) is 0.0320. The van der Waals surface area contributed by atoms with E-state index in [1.165, 1.54) is 405 Å². The molecule has 0 bridgehead atoms. The summed E-state index contributed by atoms with van der Waals surface area (Å²) in [4.78, 5) is 24.6. The lowest BCUT2D eigenvalue weighted by Crippen LogP contribution is -2.45. The van der Waals surface area contributed by atoms with Crippen molar-refractivity contribution in [2.45, 2.75) is 495 Å². The number of hydrogen-bond acceptors (Lipinski definition) is 5. The Morgan fingerprint density at radius 1 is 0.308 bits per heavy atom. The molecule has 0 aliphatic carbocycles. The highest BCUT2D eigenvalue weighted by Crippen LogP contribution is 2.21. The highest BCUT2D eigenvalue weighted by molar-refractivity contribution is 5.76. The highest BCUT2D eigenvalue weighted by Gasteiger charge is 2.20. The second-order valence-electron chi connectivity index (χ2n) is 29.2. The van der Waals surface area contributed by atoms with E-state index < -0.39 is 12.1 Å². The summed E-state index contributed by atoms with van der Waals surface area (Å²) in [5, 5.41) is 23.5. The third kappa shape index (κ3) is 77.2. The molecule has 3 N–H and O–H groups in total. The van der Waals surface area contributed by atoms with Crippen LogP contribution in [-0.2, 0) is 14.3 Å². The van der Waals surface area contributed by atoms with Crippen molar-refractivity contribution in [3.8, 4) is 0 Å². The van der Waals surface area contributed by atoms with Gasteiger partial charge in [-0.15, -0.1) is 0 Å². The molecule has 0 aromatic carbocycles. The van der Waals surface area contributed by atoms with Crippen molar-refractivity contribution in [2.75, 3.05) is 13.2 Å². The maximum atomic E-state index is 12.6. The Hall–Kier alpha value is -1.66. The molecule has 0 saturated heterocycles. The third-order valence-electron chi connectivity index (χ3n) is 20.0. The Morgan fingerprint density at radius 3 is 0.835 bits per heavy atom. The number of ether oxygens (including phenoxy) is 1. The van der Waals surface area contributed by atoms with Crippen molar-refractivity contribution in [1.29, 1.82) is 0 Å². The summed E-state index contributed by atoms with van der Waals surface area (Å²) in [5.41, 5.74) is 0. The van der Waals surface area contributed by atoms with Crippen LogP contribution >= 0.6 is 0 Å². The zero-order chi connectivity index (χ0) is 65.6. The van der Waals surface area contributed by atoms with Crippen LogP contribution in [0.5, 0.6) is 0 Å².